The Hall–Kier alpha value is -2.21. The average molecular weight is 304 g/mol. The van der Waals surface area contributed by atoms with Gasteiger partial charge in [0.25, 0.3) is 0 Å². The van der Waals surface area contributed by atoms with Crippen LogP contribution >= 0.6 is 12.2 Å². The van der Waals surface area contributed by atoms with Gasteiger partial charge in [-0.1, -0.05) is 6.07 Å². The average Bonchev–Trinajstić information content (AvgIpc) is 3.15. The minimum Gasteiger partial charge on any atom is -0.467 e. The molecule has 1 aliphatic rings. The van der Waals surface area contributed by atoms with Gasteiger partial charge < -0.3 is 24.5 Å². The molecule has 0 saturated carbocycles. The van der Waals surface area contributed by atoms with E-state index in [0.29, 0.717) is 11.7 Å². The molecule has 0 bridgehead atoms. The number of nitrogens with one attached hydrogen (secondary N) is 2. The van der Waals surface area contributed by atoms with Crippen LogP contribution in [0.2, 0.25) is 0 Å². The first-order valence-electron chi connectivity index (χ1n) is 6.68. The summed E-state index contributed by atoms with van der Waals surface area (Å²) in [6.07, 6.45) is 1.65. The third kappa shape index (κ3) is 3.28. The summed E-state index contributed by atoms with van der Waals surface area (Å²) in [5, 5.41) is 6.92. The van der Waals surface area contributed by atoms with Crippen molar-refractivity contribution < 1.29 is 13.9 Å². The van der Waals surface area contributed by atoms with E-state index >= 15 is 0 Å². The lowest BCUT2D eigenvalue weighted by Gasteiger charge is -2.15. The lowest BCUT2D eigenvalue weighted by Crippen LogP contribution is -2.36. The number of fused-ring (bicyclic) bond motifs is 1. The smallest absolute Gasteiger partial charge is 0.231 e. The van der Waals surface area contributed by atoms with Crippen LogP contribution in [-0.4, -0.2) is 11.9 Å². The highest BCUT2D eigenvalue weighted by atomic mass is 32.1. The number of ether oxygens (including phenoxy) is 2. The maximum atomic E-state index is 5.35. The molecular weight excluding hydrogens is 288 g/mol. The highest BCUT2D eigenvalue weighted by Crippen LogP contribution is 2.32. The molecule has 2 aromatic rings. The molecule has 2 heterocycles. The molecule has 3 rings (SSSR count). The first kappa shape index (κ1) is 13.8. The van der Waals surface area contributed by atoms with Crippen LogP contribution in [0, 0.1) is 0 Å². The Morgan fingerprint density at radius 3 is 2.95 bits per heavy atom. The van der Waals surface area contributed by atoms with Crippen molar-refractivity contribution in [3.8, 4) is 11.5 Å². The predicted molar refractivity (Wildman–Crippen MR) is 82.3 cm³/mol. The summed E-state index contributed by atoms with van der Waals surface area (Å²) in [6.45, 7) is 2.90. The van der Waals surface area contributed by atoms with Crippen molar-refractivity contribution in [1.29, 1.82) is 0 Å². The van der Waals surface area contributed by atoms with Crippen LogP contribution in [-0.2, 0) is 6.54 Å². The Bertz CT molecular complexity index is 628. The van der Waals surface area contributed by atoms with E-state index in [1.54, 1.807) is 6.26 Å². The largest absolute Gasteiger partial charge is 0.467 e. The van der Waals surface area contributed by atoms with Crippen LogP contribution in [0.15, 0.2) is 41.0 Å². The summed E-state index contributed by atoms with van der Waals surface area (Å²) >= 11 is 5.28. The van der Waals surface area contributed by atoms with Crippen LogP contribution in [0.3, 0.4) is 0 Å². The lowest BCUT2D eigenvalue weighted by molar-refractivity contribution is 0.174. The van der Waals surface area contributed by atoms with Crippen LogP contribution in [0.25, 0.3) is 0 Å². The fourth-order valence-corrected chi connectivity index (χ4v) is 2.34. The fourth-order valence-electron chi connectivity index (χ4n) is 2.09. The lowest BCUT2D eigenvalue weighted by atomic mass is 10.2. The van der Waals surface area contributed by atoms with Gasteiger partial charge in [-0.05, 0) is 49.0 Å². The molecule has 0 unspecified atom stereocenters. The van der Waals surface area contributed by atoms with Gasteiger partial charge in [0, 0.05) is 6.54 Å². The van der Waals surface area contributed by atoms with Gasteiger partial charge in [0.1, 0.15) is 5.76 Å². The molecule has 110 valence electrons. The summed E-state index contributed by atoms with van der Waals surface area (Å²) in [6, 6.07) is 9.64. The SMILES string of the molecule is C[C@H](NC(=S)NCc1ccc2c(c1)OCO2)c1ccco1. The van der Waals surface area contributed by atoms with Crippen molar-refractivity contribution >= 4 is 17.3 Å². The standard InChI is InChI=1S/C15H16N2O3S/c1-10(12-3-2-6-18-12)17-15(21)16-8-11-4-5-13-14(7-11)20-9-19-13/h2-7,10H,8-9H2,1H3,(H2,16,17,21)/t10-/m0/s1. The summed E-state index contributed by atoms with van der Waals surface area (Å²) < 4.78 is 16.0. The van der Waals surface area contributed by atoms with E-state index in [-0.39, 0.29) is 12.8 Å². The second-order valence-corrected chi connectivity index (χ2v) is 5.16. The molecular formula is C15H16N2O3S. The number of furan rings is 1. The Balaban J connectivity index is 1.52. The highest BCUT2D eigenvalue weighted by molar-refractivity contribution is 7.80. The van der Waals surface area contributed by atoms with Crippen molar-refractivity contribution in [2.75, 3.05) is 6.79 Å². The Labute approximate surface area is 128 Å². The van der Waals surface area contributed by atoms with E-state index in [1.165, 1.54) is 0 Å². The van der Waals surface area contributed by atoms with Gasteiger partial charge in [0.2, 0.25) is 6.79 Å². The topological polar surface area (TPSA) is 55.7 Å². The van der Waals surface area contributed by atoms with Gasteiger partial charge in [0.05, 0.1) is 12.3 Å². The molecule has 5 nitrogen and oxygen atoms in total. The van der Waals surface area contributed by atoms with Crippen LogP contribution in [0.4, 0.5) is 0 Å². The molecule has 21 heavy (non-hydrogen) atoms. The number of benzene rings is 1. The van der Waals surface area contributed by atoms with Crippen molar-refractivity contribution in [3.63, 3.8) is 0 Å². The molecule has 0 aliphatic carbocycles. The number of thiocarbonyl (C=S) groups is 1. The quantitative estimate of drug-likeness (QED) is 0.847. The maximum Gasteiger partial charge on any atom is 0.231 e. The first-order valence-corrected chi connectivity index (χ1v) is 7.09. The van der Waals surface area contributed by atoms with Gasteiger partial charge >= 0.3 is 0 Å². The Kier molecular flexibility index (Phi) is 3.96. The molecule has 0 fully saturated rings. The van der Waals surface area contributed by atoms with Crippen molar-refractivity contribution in [3.05, 3.63) is 47.9 Å². The summed E-state index contributed by atoms with van der Waals surface area (Å²) in [7, 11) is 0. The second kappa shape index (κ2) is 6.05. The minimum absolute atomic E-state index is 0.0248. The summed E-state index contributed by atoms with van der Waals surface area (Å²) in [4.78, 5) is 0. The minimum atomic E-state index is 0.0248. The molecule has 0 spiro atoms. The highest BCUT2D eigenvalue weighted by Gasteiger charge is 2.13. The second-order valence-electron chi connectivity index (χ2n) is 4.75. The van der Waals surface area contributed by atoms with Gasteiger partial charge in [0.15, 0.2) is 16.6 Å². The first-order chi connectivity index (χ1) is 10.2. The third-order valence-electron chi connectivity index (χ3n) is 3.21. The number of hydrogen-bond donors (Lipinski definition) is 2. The summed E-state index contributed by atoms with van der Waals surface area (Å²) in [5.74, 6) is 2.41. The fraction of sp³-hybridized carbons (Fsp3) is 0.267. The Morgan fingerprint density at radius 1 is 1.29 bits per heavy atom. The van der Waals surface area contributed by atoms with E-state index in [0.717, 1.165) is 22.8 Å². The van der Waals surface area contributed by atoms with E-state index in [4.69, 9.17) is 26.1 Å². The molecule has 6 heteroatoms. The molecule has 0 saturated heterocycles. The van der Waals surface area contributed by atoms with Crippen molar-refractivity contribution in [1.82, 2.24) is 10.6 Å². The molecule has 1 aliphatic heterocycles. The van der Waals surface area contributed by atoms with Gasteiger partial charge in [-0.25, -0.2) is 0 Å². The third-order valence-corrected chi connectivity index (χ3v) is 3.47. The zero-order chi connectivity index (χ0) is 14.7. The number of hydrogen-bond acceptors (Lipinski definition) is 4. The molecule has 1 aromatic carbocycles. The van der Waals surface area contributed by atoms with Gasteiger partial charge in [-0.2, -0.15) is 0 Å². The molecule has 2 N–H and O–H groups in total. The zero-order valence-electron chi connectivity index (χ0n) is 11.6. The van der Waals surface area contributed by atoms with E-state index in [1.807, 2.05) is 37.3 Å². The Morgan fingerprint density at radius 2 is 2.14 bits per heavy atom. The van der Waals surface area contributed by atoms with E-state index in [2.05, 4.69) is 10.6 Å². The zero-order valence-corrected chi connectivity index (χ0v) is 12.4. The normalized spacial score (nSPS) is 13.8. The van der Waals surface area contributed by atoms with Crippen molar-refractivity contribution in [2.45, 2.75) is 19.5 Å². The molecule has 1 atom stereocenters. The van der Waals surface area contributed by atoms with E-state index in [9.17, 15) is 0 Å². The van der Waals surface area contributed by atoms with Gasteiger partial charge in [-0.3, -0.25) is 0 Å². The van der Waals surface area contributed by atoms with Crippen LogP contribution in [0.1, 0.15) is 24.3 Å². The van der Waals surface area contributed by atoms with Crippen molar-refractivity contribution in [2.24, 2.45) is 0 Å². The molecule has 0 radical (unpaired) electrons. The predicted octanol–water partition coefficient (Wildman–Crippen LogP) is 2.73. The number of rotatable bonds is 4. The monoisotopic (exact) mass is 304 g/mol. The molecule has 1 aromatic heterocycles. The van der Waals surface area contributed by atoms with Crippen LogP contribution < -0.4 is 20.1 Å². The molecule has 0 amide bonds. The van der Waals surface area contributed by atoms with E-state index < -0.39 is 0 Å². The van der Waals surface area contributed by atoms with Gasteiger partial charge in [-0.15, -0.1) is 0 Å². The summed E-state index contributed by atoms with van der Waals surface area (Å²) in [5.41, 5.74) is 1.08. The van der Waals surface area contributed by atoms with Crippen LogP contribution in [0.5, 0.6) is 11.5 Å². The maximum absolute atomic E-state index is 5.35.